The Morgan fingerprint density at radius 3 is 2.84 bits per heavy atom. The van der Waals surface area contributed by atoms with Gasteiger partial charge in [0.05, 0.1) is 29.5 Å². The molecule has 158 valence electrons. The van der Waals surface area contributed by atoms with Crippen LogP contribution in [0.4, 0.5) is 10.5 Å². The van der Waals surface area contributed by atoms with Gasteiger partial charge >= 0.3 is 11.7 Å². The fraction of sp³-hybridized carbons (Fsp3) is 0.150. The smallest absolute Gasteiger partial charge is 0.320 e. The van der Waals surface area contributed by atoms with Gasteiger partial charge in [0.2, 0.25) is 5.75 Å². The Morgan fingerprint density at radius 1 is 1.35 bits per heavy atom. The molecule has 1 unspecified atom stereocenters. The molecule has 1 aliphatic rings. The average Bonchev–Trinajstić information content (AvgIpc) is 3.29. The Kier molecular flexibility index (Phi) is 5.50. The third-order valence-electron chi connectivity index (χ3n) is 4.63. The quantitative estimate of drug-likeness (QED) is 0.395. The van der Waals surface area contributed by atoms with Crippen molar-refractivity contribution in [1.82, 2.24) is 20.6 Å². The molecule has 1 atom stereocenters. The number of nitrogens with zero attached hydrogens (tertiary/aromatic N) is 3. The summed E-state index contributed by atoms with van der Waals surface area (Å²) in [4.78, 5) is 31.7. The SMILES string of the molecule is CCOc1cc(C2NC(=O)NC(c3cnccn3)=C2c2ccsc2)cc([N+](=O)[O-])c1O. The number of ether oxygens (including phenoxy) is 1. The number of aromatic hydroxyl groups is 1. The molecule has 31 heavy (non-hydrogen) atoms. The second-order valence-electron chi connectivity index (χ2n) is 6.50. The number of aromatic nitrogens is 2. The molecule has 4 rings (SSSR count). The van der Waals surface area contributed by atoms with E-state index in [1.807, 2.05) is 16.8 Å². The summed E-state index contributed by atoms with van der Waals surface area (Å²) in [5.41, 5.74) is 2.21. The lowest BCUT2D eigenvalue weighted by molar-refractivity contribution is -0.386. The lowest BCUT2D eigenvalue weighted by Crippen LogP contribution is -2.43. The van der Waals surface area contributed by atoms with Gasteiger partial charge in [-0.2, -0.15) is 11.3 Å². The molecule has 1 aliphatic heterocycles. The molecule has 10 nitrogen and oxygen atoms in total. The largest absolute Gasteiger partial charge is 0.500 e. The molecule has 0 saturated heterocycles. The topological polar surface area (TPSA) is 140 Å². The number of thiophene rings is 1. The number of urea groups is 1. The number of carbonyl (C=O) groups excluding carboxylic acids is 1. The fourth-order valence-corrected chi connectivity index (χ4v) is 4.01. The Morgan fingerprint density at radius 2 is 2.19 bits per heavy atom. The van der Waals surface area contributed by atoms with Gasteiger partial charge in [-0.3, -0.25) is 20.1 Å². The van der Waals surface area contributed by atoms with Crippen molar-refractivity contribution in [1.29, 1.82) is 0 Å². The van der Waals surface area contributed by atoms with Gasteiger partial charge in [0, 0.05) is 24.0 Å². The summed E-state index contributed by atoms with van der Waals surface area (Å²) < 4.78 is 5.40. The third-order valence-corrected chi connectivity index (χ3v) is 5.31. The zero-order valence-electron chi connectivity index (χ0n) is 16.2. The molecule has 2 aromatic heterocycles. The Hall–Kier alpha value is -3.99. The van der Waals surface area contributed by atoms with Crippen molar-refractivity contribution in [2.24, 2.45) is 0 Å². The highest BCUT2D eigenvalue weighted by molar-refractivity contribution is 7.08. The van der Waals surface area contributed by atoms with Gasteiger partial charge in [-0.1, -0.05) is 0 Å². The van der Waals surface area contributed by atoms with Crippen LogP contribution in [0.2, 0.25) is 0 Å². The minimum absolute atomic E-state index is 0.0368. The molecule has 3 aromatic rings. The van der Waals surface area contributed by atoms with Crippen LogP contribution < -0.4 is 15.4 Å². The maximum Gasteiger partial charge on any atom is 0.320 e. The number of nitro groups is 1. The van der Waals surface area contributed by atoms with Gasteiger partial charge < -0.3 is 20.5 Å². The number of nitro benzene ring substituents is 1. The van der Waals surface area contributed by atoms with Crippen LogP contribution in [0, 0.1) is 10.1 Å². The summed E-state index contributed by atoms with van der Waals surface area (Å²) >= 11 is 1.47. The monoisotopic (exact) mass is 439 g/mol. The van der Waals surface area contributed by atoms with Crippen LogP contribution in [0.3, 0.4) is 0 Å². The van der Waals surface area contributed by atoms with Crippen molar-refractivity contribution in [3.63, 3.8) is 0 Å². The molecule has 0 fully saturated rings. The highest BCUT2D eigenvalue weighted by atomic mass is 32.1. The molecule has 0 spiro atoms. The second-order valence-corrected chi connectivity index (χ2v) is 7.28. The van der Waals surface area contributed by atoms with Crippen molar-refractivity contribution >= 4 is 34.3 Å². The second kappa shape index (κ2) is 8.40. The van der Waals surface area contributed by atoms with E-state index in [1.165, 1.54) is 42.1 Å². The Bertz CT molecular complexity index is 1160. The number of hydrogen-bond acceptors (Lipinski definition) is 8. The number of phenolic OH excluding ortho intramolecular Hbond substituents is 1. The van der Waals surface area contributed by atoms with Gasteiger partial charge in [-0.15, -0.1) is 0 Å². The minimum Gasteiger partial charge on any atom is -0.500 e. The zero-order valence-corrected chi connectivity index (χ0v) is 17.0. The summed E-state index contributed by atoms with van der Waals surface area (Å²) in [5, 5.41) is 31.2. The standard InChI is InChI=1S/C20H17N5O5S/c1-2-30-15-8-12(7-14(19(15)26)25(28)29)17-16(11-3-6-31-10-11)18(24-20(27)23-17)13-9-21-4-5-22-13/h3-10,17,26H,2H2,1H3,(H2,23,24,27). The normalized spacial score (nSPS) is 15.9. The van der Waals surface area contributed by atoms with Crippen LogP contribution in [-0.4, -0.2) is 32.6 Å². The lowest BCUT2D eigenvalue weighted by Gasteiger charge is -2.30. The number of carbonyl (C=O) groups is 1. The van der Waals surface area contributed by atoms with E-state index in [1.54, 1.807) is 6.92 Å². The first-order chi connectivity index (χ1) is 15.0. The first kappa shape index (κ1) is 20.3. The van der Waals surface area contributed by atoms with Crippen molar-refractivity contribution in [2.75, 3.05) is 6.61 Å². The summed E-state index contributed by atoms with van der Waals surface area (Å²) in [6.07, 6.45) is 4.55. The Labute approximate surface area is 180 Å². The third kappa shape index (κ3) is 3.90. The van der Waals surface area contributed by atoms with Crippen LogP contribution in [0.25, 0.3) is 11.3 Å². The highest BCUT2D eigenvalue weighted by Crippen LogP contribution is 2.44. The van der Waals surface area contributed by atoms with E-state index in [9.17, 15) is 20.0 Å². The van der Waals surface area contributed by atoms with Gasteiger partial charge in [0.15, 0.2) is 5.75 Å². The summed E-state index contributed by atoms with van der Waals surface area (Å²) in [6, 6.07) is 3.33. The minimum atomic E-state index is -0.765. The predicted octanol–water partition coefficient (Wildman–Crippen LogP) is 3.47. The van der Waals surface area contributed by atoms with Crippen LogP contribution in [0.5, 0.6) is 11.5 Å². The van der Waals surface area contributed by atoms with Crippen LogP contribution in [0.1, 0.15) is 29.8 Å². The predicted molar refractivity (Wildman–Crippen MR) is 114 cm³/mol. The van der Waals surface area contributed by atoms with E-state index in [2.05, 4.69) is 20.6 Å². The molecule has 11 heteroatoms. The molecule has 2 amide bonds. The maximum atomic E-state index is 12.5. The van der Waals surface area contributed by atoms with E-state index in [0.29, 0.717) is 22.5 Å². The molecule has 0 radical (unpaired) electrons. The van der Waals surface area contributed by atoms with Gasteiger partial charge in [-0.25, -0.2) is 4.79 Å². The Balaban J connectivity index is 1.96. The van der Waals surface area contributed by atoms with Crippen LogP contribution in [0.15, 0.2) is 47.5 Å². The van der Waals surface area contributed by atoms with E-state index < -0.39 is 28.4 Å². The molecule has 0 saturated carbocycles. The molecular formula is C20H17N5O5S. The summed E-state index contributed by atoms with van der Waals surface area (Å²) in [5.74, 6) is -0.601. The van der Waals surface area contributed by atoms with Gasteiger partial charge in [-0.05, 0) is 40.9 Å². The van der Waals surface area contributed by atoms with Crippen LogP contribution in [-0.2, 0) is 0 Å². The van der Waals surface area contributed by atoms with Gasteiger partial charge in [0.25, 0.3) is 0 Å². The first-order valence-corrected chi connectivity index (χ1v) is 10.2. The molecule has 0 bridgehead atoms. The average molecular weight is 439 g/mol. The summed E-state index contributed by atoms with van der Waals surface area (Å²) in [6.45, 7) is 1.90. The molecule has 3 N–H and O–H groups in total. The first-order valence-electron chi connectivity index (χ1n) is 9.24. The van der Waals surface area contributed by atoms with Crippen molar-refractivity contribution in [2.45, 2.75) is 13.0 Å². The molecule has 1 aromatic carbocycles. The van der Waals surface area contributed by atoms with Crippen molar-refractivity contribution in [3.05, 3.63) is 74.5 Å². The van der Waals surface area contributed by atoms with E-state index in [-0.39, 0.29) is 12.4 Å². The molecule has 0 aliphatic carbocycles. The zero-order chi connectivity index (χ0) is 22.0. The maximum absolute atomic E-state index is 12.5. The molecule has 3 heterocycles. The fourth-order valence-electron chi connectivity index (χ4n) is 3.36. The van der Waals surface area contributed by atoms with Crippen molar-refractivity contribution in [3.8, 4) is 11.5 Å². The number of hydrogen-bond donors (Lipinski definition) is 3. The number of amides is 2. The molecular weight excluding hydrogens is 422 g/mol. The van der Waals surface area contributed by atoms with Gasteiger partial charge in [0.1, 0.15) is 5.69 Å². The highest BCUT2D eigenvalue weighted by Gasteiger charge is 2.33. The lowest BCUT2D eigenvalue weighted by atomic mass is 9.90. The van der Waals surface area contributed by atoms with Crippen molar-refractivity contribution < 1.29 is 19.6 Å². The van der Waals surface area contributed by atoms with Crippen LogP contribution >= 0.6 is 11.3 Å². The van der Waals surface area contributed by atoms with E-state index in [0.717, 1.165) is 5.56 Å². The number of phenols is 1. The number of rotatable bonds is 6. The van der Waals surface area contributed by atoms with E-state index >= 15 is 0 Å². The summed E-state index contributed by atoms with van der Waals surface area (Å²) in [7, 11) is 0. The van der Waals surface area contributed by atoms with E-state index in [4.69, 9.17) is 4.74 Å². The number of benzene rings is 1. The number of nitrogens with one attached hydrogen (secondary N) is 2.